The number of hydrogen-bond acceptors (Lipinski definition) is 5. The van der Waals surface area contributed by atoms with Crippen LogP contribution < -0.4 is 10.6 Å². The Bertz CT molecular complexity index is 1080. The number of amides is 2. The first-order valence-electron chi connectivity index (χ1n) is 10.6. The Labute approximate surface area is 185 Å². The van der Waals surface area contributed by atoms with E-state index in [1.54, 1.807) is 0 Å². The van der Waals surface area contributed by atoms with Crippen LogP contribution in [0.4, 0.5) is 9.93 Å². The fourth-order valence-corrected chi connectivity index (χ4v) is 4.49. The lowest BCUT2D eigenvalue weighted by Crippen LogP contribution is -2.30. The molecule has 1 aliphatic carbocycles. The molecule has 8 heteroatoms. The number of rotatable bonds is 8. The van der Waals surface area contributed by atoms with Crippen LogP contribution in [0.2, 0.25) is 0 Å². The molecular weight excluding hydrogens is 410 g/mol. The highest BCUT2D eigenvalue weighted by Crippen LogP contribution is 2.35. The van der Waals surface area contributed by atoms with E-state index in [0.717, 1.165) is 40.2 Å². The van der Waals surface area contributed by atoms with Crippen LogP contribution in [0, 0.1) is 12.8 Å². The van der Waals surface area contributed by atoms with Crippen molar-refractivity contribution in [2.45, 2.75) is 46.1 Å². The molecule has 162 valence electrons. The van der Waals surface area contributed by atoms with Crippen molar-refractivity contribution in [2.75, 3.05) is 11.9 Å². The number of carbonyl (C=O) groups is 2. The van der Waals surface area contributed by atoms with Gasteiger partial charge in [0.25, 0.3) is 0 Å². The maximum Gasteiger partial charge on any atom is 0.321 e. The van der Waals surface area contributed by atoms with Gasteiger partial charge in [0.2, 0.25) is 0 Å². The number of aromatic nitrogens is 3. The second kappa shape index (κ2) is 9.01. The Balaban J connectivity index is 1.33. The van der Waals surface area contributed by atoms with Crippen molar-refractivity contribution in [3.05, 3.63) is 53.7 Å². The molecule has 0 atom stereocenters. The molecule has 2 N–H and O–H groups in total. The van der Waals surface area contributed by atoms with Gasteiger partial charge in [-0.3, -0.25) is 10.1 Å². The van der Waals surface area contributed by atoms with E-state index in [4.69, 9.17) is 0 Å². The molecule has 2 aromatic heterocycles. The molecule has 2 amide bonds. The summed E-state index contributed by atoms with van der Waals surface area (Å²) in [6.45, 7) is 6.64. The Kier molecular flexibility index (Phi) is 6.18. The van der Waals surface area contributed by atoms with Crippen molar-refractivity contribution < 1.29 is 9.59 Å². The third-order valence-electron chi connectivity index (χ3n) is 5.37. The number of imidazole rings is 1. The minimum Gasteiger partial charge on any atom is -0.337 e. The van der Waals surface area contributed by atoms with Gasteiger partial charge in [0, 0.05) is 42.4 Å². The minimum atomic E-state index is -0.277. The van der Waals surface area contributed by atoms with Gasteiger partial charge in [-0.2, -0.15) is 0 Å². The molecular formula is C23H27N5O2S. The van der Waals surface area contributed by atoms with Crippen molar-refractivity contribution >= 4 is 28.3 Å². The van der Waals surface area contributed by atoms with E-state index < -0.39 is 0 Å². The number of aryl methyl sites for hydroxylation is 1. The third-order valence-corrected chi connectivity index (χ3v) is 6.49. The summed E-state index contributed by atoms with van der Waals surface area (Å²) >= 11 is 1.43. The monoisotopic (exact) mass is 437 g/mol. The molecule has 0 radical (unpaired) electrons. The maximum atomic E-state index is 12.3. The Hall–Kier alpha value is -3.00. The third kappa shape index (κ3) is 5.02. The van der Waals surface area contributed by atoms with Crippen molar-refractivity contribution in [3.8, 4) is 10.4 Å². The molecule has 0 saturated heterocycles. The normalized spacial score (nSPS) is 13.4. The van der Waals surface area contributed by atoms with E-state index in [1.165, 1.54) is 11.3 Å². The lowest BCUT2D eigenvalue weighted by molar-refractivity contribution is 0.0967. The fourth-order valence-electron chi connectivity index (χ4n) is 3.52. The maximum absolute atomic E-state index is 12.3. The predicted molar refractivity (Wildman–Crippen MR) is 123 cm³/mol. The van der Waals surface area contributed by atoms with Crippen LogP contribution in [-0.4, -0.2) is 32.9 Å². The van der Waals surface area contributed by atoms with E-state index >= 15 is 0 Å². The highest BCUT2D eigenvalue weighted by atomic mass is 32.1. The summed E-state index contributed by atoms with van der Waals surface area (Å²) in [5, 5.41) is 6.25. The second-order valence-corrected chi connectivity index (χ2v) is 9.17. The quantitative estimate of drug-likeness (QED) is 0.493. The average Bonchev–Trinajstić information content (AvgIpc) is 3.38. The second-order valence-electron chi connectivity index (χ2n) is 8.17. The molecule has 4 rings (SSSR count). The topological polar surface area (TPSA) is 88.9 Å². The van der Waals surface area contributed by atoms with Crippen LogP contribution in [0.3, 0.4) is 0 Å². The molecule has 31 heavy (non-hydrogen) atoms. The number of hydrogen-bond donors (Lipinski definition) is 2. The Morgan fingerprint density at radius 2 is 1.97 bits per heavy atom. The zero-order chi connectivity index (χ0) is 22.0. The SMILES string of the molecule is Cc1nc(NC(=O)NCCc2cncn2C(C)C)sc1-c1ccc(C(=O)C2CC2)cc1. The van der Waals surface area contributed by atoms with Crippen molar-refractivity contribution in [1.82, 2.24) is 19.9 Å². The van der Waals surface area contributed by atoms with Crippen molar-refractivity contribution in [2.24, 2.45) is 5.92 Å². The van der Waals surface area contributed by atoms with Crippen LogP contribution in [-0.2, 0) is 6.42 Å². The van der Waals surface area contributed by atoms with Gasteiger partial charge in [-0.05, 0) is 39.2 Å². The number of benzene rings is 1. The van der Waals surface area contributed by atoms with Crippen LogP contribution >= 0.6 is 11.3 Å². The van der Waals surface area contributed by atoms with E-state index in [1.807, 2.05) is 43.7 Å². The molecule has 1 saturated carbocycles. The fraction of sp³-hybridized carbons (Fsp3) is 0.391. The summed E-state index contributed by atoms with van der Waals surface area (Å²) in [6, 6.07) is 7.74. The average molecular weight is 438 g/mol. The lowest BCUT2D eigenvalue weighted by Gasteiger charge is -2.12. The van der Waals surface area contributed by atoms with Crippen LogP contribution in [0.1, 0.15) is 54.5 Å². The zero-order valence-electron chi connectivity index (χ0n) is 18.0. The number of nitrogens with one attached hydrogen (secondary N) is 2. The van der Waals surface area contributed by atoms with Gasteiger partial charge in [0.05, 0.1) is 16.9 Å². The van der Waals surface area contributed by atoms with Crippen molar-refractivity contribution in [1.29, 1.82) is 0 Å². The van der Waals surface area contributed by atoms with Gasteiger partial charge in [-0.15, -0.1) is 0 Å². The summed E-state index contributed by atoms with van der Waals surface area (Å²) in [6.07, 6.45) is 6.37. The highest BCUT2D eigenvalue weighted by molar-refractivity contribution is 7.19. The highest BCUT2D eigenvalue weighted by Gasteiger charge is 2.30. The first-order chi connectivity index (χ1) is 14.9. The van der Waals surface area contributed by atoms with E-state index in [0.29, 0.717) is 24.1 Å². The van der Waals surface area contributed by atoms with Gasteiger partial charge in [0.1, 0.15) is 0 Å². The molecule has 0 spiro atoms. The largest absolute Gasteiger partial charge is 0.337 e. The summed E-state index contributed by atoms with van der Waals surface area (Å²) in [5.74, 6) is 0.458. The number of anilines is 1. The summed E-state index contributed by atoms with van der Waals surface area (Å²) in [5.41, 5.74) is 3.71. The molecule has 0 unspecified atom stereocenters. The molecule has 1 aliphatic rings. The number of ketones is 1. The number of Topliss-reactive ketones (excluding diaryl/α,β-unsaturated/α-hetero) is 1. The van der Waals surface area contributed by atoms with Crippen LogP contribution in [0.25, 0.3) is 10.4 Å². The van der Waals surface area contributed by atoms with Crippen molar-refractivity contribution in [3.63, 3.8) is 0 Å². The molecule has 7 nitrogen and oxygen atoms in total. The van der Waals surface area contributed by atoms with Gasteiger partial charge in [-0.25, -0.2) is 14.8 Å². The standard InChI is InChI=1S/C23H27N5O2S/c1-14(2)28-13-24-12-19(28)10-11-25-22(30)27-23-26-15(3)21(31-23)18-8-6-17(7-9-18)20(29)16-4-5-16/h6-9,12-14,16H,4-5,10-11H2,1-3H3,(H2,25,26,27,30). The van der Waals surface area contributed by atoms with Gasteiger partial charge >= 0.3 is 6.03 Å². The lowest BCUT2D eigenvalue weighted by atomic mass is 10.0. The molecule has 2 heterocycles. The van der Waals surface area contributed by atoms with E-state index in [2.05, 4.69) is 39.0 Å². The van der Waals surface area contributed by atoms with Gasteiger partial charge in [0.15, 0.2) is 10.9 Å². The van der Waals surface area contributed by atoms with Crippen LogP contribution in [0.15, 0.2) is 36.8 Å². The first-order valence-corrected chi connectivity index (χ1v) is 11.4. The van der Waals surface area contributed by atoms with Crippen LogP contribution in [0.5, 0.6) is 0 Å². The predicted octanol–water partition coefficient (Wildman–Crippen LogP) is 4.85. The number of thiazole rings is 1. The minimum absolute atomic E-state index is 0.219. The van der Waals surface area contributed by atoms with E-state index in [9.17, 15) is 9.59 Å². The molecule has 1 fully saturated rings. The van der Waals surface area contributed by atoms with Gasteiger partial charge < -0.3 is 9.88 Å². The van der Waals surface area contributed by atoms with E-state index in [-0.39, 0.29) is 17.7 Å². The molecule has 3 aromatic rings. The Morgan fingerprint density at radius 1 is 1.23 bits per heavy atom. The summed E-state index contributed by atoms with van der Waals surface area (Å²) in [7, 11) is 0. The summed E-state index contributed by atoms with van der Waals surface area (Å²) < 4.78 is 2.10. The Morgan fingerprint density at radius 3 is 2.65 bits per heavy atom. The smallest absolute Gasteiger partial charge is 0.321 e. The molecule has 1 aromatic carbocycles. The molecule has 0 bridgehead atoms. The molecule has 0 aliphatic heterocycles. The first kappa shape index (κ1) is 21.2. The van der Waals surface area contributed by atoms with Gasteiger partial charge in [-0.1, -0.05) is 35.6 Å². The summed E-state index contributed by atoms with van der Waals surface area (Å²) in [4.78, 5) is 34.1. The zero-order valence-corrected chi connectivity index (χ0v) is 18.8. The number of carbonyl (C=O) groups excluding carboxylic acids is 2. The number of urea groups is 1. The number of nitrogens with zero attached hydrogens (tertiary/aromatic N) is 3.